The molecule has 5 aliphatic carbocycles. The van der Waals surface area contributed by atoms with Crippen LogP contribution in [-0.2, 0) is 52.2 Å². The Morgan fingerprint density at radius 2 is 1.20 bits per heavy atom. The Bertz CT molecular complexity index is 3340. The molecule has 10 aliphatic rings. The number of phenolic OH excluding ortho intramolecular Hbond substituents is 1. The van der Waals surface area contributed by atoms with E-state index in [9.17, 15) is 81.4 Å². The van der Waals surface area contributed by atoms with Gasteiger partial charge in [-0.3, -0.25) is 4.79 Å². The van der Waals surface area contributed by atoms with E-state index in [0.29, 0.717) is 49.0 Å². The molecule has 5 aliphatic heterocycles. The van der Waals surface area contributed by atoms with Gasteiger partial charge in [0, 0.05) is 17.5 Å². The fourth-order valence-electron chi connectivity index (χ4n) is 19.0. The van der Waals surface area contributed by atoms with Crippen LogP contribution in [0.15, 0.2) is 56.8 Å². The van der Waals surface area contributed by atoms with Crippen molar-refractivity contribution in [2.75, 3.05) is 26.4 Å². The van der Waals surface area contributed by atoms with Gasteiger partial charge in [-0.15, -0.1) is 0 Å². The van der Waals surface area contributed by atoms with Crippen molar-refractivity contribution in [3.05, 3.63) is 58.0 Å². The largest absolute Gasteiger partial charge is 0.504 e. The van der Waals surface area contributed by atoms with Crippen LogP contribution in [0.2, 0.25) is 0 Å². The zero-order valence-corrected chi connectivity index (χ0v) is 59.2. The number of fused-ring (bicyclic) bond motifs is 8. The third kappa shape index (κ3) is 14.3. The van der Waals surface area contributed by atoms with Gasteiger partial charge in [-0.1, -0.05) is 65.7 Å². The molecule has 9 fully saturated rings. The quantitative estimate of drug-likeness (QED) is 0.0541. The van der Waals surface area contributed by atoms with Gasteiger partial charge in [0.1, 0.15) is 109 Å². The van der Waals surface area contributed by atoms with E-state index in [1.54, 1.807) is 13.0 Å². The highest BCUT2D eigenvalue weighted by molar-refractivity contribution is 5.81. The summed E-state index contributed by atoms with van der Waals surface area (Å²) in [5.41, 5.74) is -1.18. The lowest BCUT2D eigenvalue weighted by Gasteiger charge is -2.71. The Kier molecular flexibility index (Phi) is 23.0. The van der Waals surface area contributed by atoms with Crippen molar-refractivity contribution < 1.29 is 138 Å². The van der Waals surface area contributed by atoms with Crippen LogP contribution in [0.1, 0.15) is 134 Å². The van der Waals surface area contributed by atoms with Crippen molar-refractivity contribution in [2.45, 2.75) is 287 Å². The number of carbonyl (C=O) groups excluding carboxylic acids is 1. The van der Waals surface area contributed by atoms with Crippen LogP contribution in [0.3, 0.4) is 0 Å². The molecule has 32 atom stereocenters. The third-order valence-corrected chi connectivity index (χ3v) is 25.1. The van der Waals surface area contributed by atoms with E-state index >= 15 is 4.79 Å². The molecular formula is C72H108O29. The standard InChI is InChI=1S/C58H94O25.C14H14O4/c1-23-44(80-47-40(69)34(63)27(60)21-74-47)38(67)42(71)48(76-23)79-33-13-14-55(7)30(54(33,5)6)12-15-56(8)31(55)11-10-25-26-18-53(3,4)16-17-58(26,32(62)19-57(25,56)9)52(73)83-51-46(35(64)28(61)22-75-51)82-49-43(72)39(68)45(24(2)77-49)81-50-41(70)37(66)36(65)29(20-59)78-50;1-9(2)5-6-17-13-8-12-10(7-11(13)15)3-4-14(16)18-12/h10,23-24,26-51,59-72H,11-22H2,1-9H3;3-5,7-8,15H,6H2,1-2H3. The highest BCUT2D eigenvalue weighted by Crippen LogP contribution is 2.76. The highest BCUT2D eigenvalue weighted by Gasteiger charge is 2.72. The fourth-order valence-corrected chi connectivity index (χ4v) is 19.0. The molecule has 101 heavy (non-hydrogen) atoms. The van der Waals surface area contributed by atoms with Crippen LogP contribution in [0.5, 0.6) is 11.5 Å². The van der Waals surface area contributed by atoms with E-state index in [1.165, 1.54) is 25.1 Å². The average Bonchev–Trinajstić information content (AvgIpc) is 0.671. The summed E-state index contributed by atoms with van der Waals surface area (Å²) in [6.07, 6.45) is -27.3. The fraction of sp³-hybridized carbons (Fsp3) is 0.806. The Balaban J connectivity index is 0.000000494. The lowest BCUT2D eigenvalue weighted by molar-refractivity contribution is -0.374. The number of aromatic hydroxyl groups is 1. The van der Waals surface area contributed by atoms with Crippen molar-refractivity contribution >= 4 is 16.9 Å². The van der Waals surface area contributed by atoms with E-state index in [4.69, 9.17) is 56.5 Å². The van der Waals surface area contributed by atoms with Crippen LogP contribution >= 0.6 is 0 Å². The molecule has 1 aromatic carbocycles. The minimum atomic E-state index is -1.93. The molecule has 29 heteroatoms. The van der Waals surface area contributed by atoms with Crippen molar-refractivity contribution in [1.82, 2.24) is 0 Å². The number of esters is 1. The Labute approximate surface area is 586 Å². The molecule has 6 heterocycles. The Morgan fingerprint density at radius 1 is 0.614 bits per heavy atom. The van der Waals surface area contributed by atoms with Gasteiger partial charge < -0.3 is 133 Å². The van der Waals surface area contributed by atoms with Crippen LogP contribution in [-0.4, -0.2) is 263 Å². The molecule has 15 N–H and O–H groups in total. The van der Waals surface area contributed by atoms with Gasteiger partial charge in [0.05, 0.1) is 44.2 Å². The summed E-state index contributed by atoms with van der Waals surface area (Å²) in [7, 11) is 0. The molecule has 32 unspecified atom stereocenters. The minimum absolute atomic E-state index is 0.0264. The first-order valence-electron chi connectivity index (χ1n) is 35.6. The van der Waals surface area contributed by atoms with Crippen LogP contribution in [0.4, 0.5) is 0 Å². The van der Waals surface area contributed by atoms with Gasteiger partial charge >= 0.3 is 11.6 Å². The summed E-state index contributed by atoms with van der Waals surface area (Å²) in [5, 5.41) is 163. The molecule has 29 nitrogen and oxygen atoms in total. The Morgan fingerprint density at radius 3 is 1.84 bits per heavy atom. The third-order valence-electron chi connectivity index (χ3n) is 25.1. The van der Waals surface area contributed by atoms with Gasteiger partial charge in [0.2, 0.25) is 6.29 Å². The predicted octanol–water partition coefficient (Wildman–Crippen LogP) is 0.937. The van der Waals surface area contributed by atoms with Crippen LogP contribution < -0.4 is 10.4 Å². The second-order valence-electron chi connectivity index (χ2n) is 32.5. The Hall–Kier alpha value is -3.94. The minimum Gasteiger partial charge on any atom is -0.504 e. The van der Waals surface area contributed by atoms with E-state index in [1.807, 2.05) is 19.9 Å². The highest BCUT2D eigenvalue weighted by atomic mass is 16.8. The van der Waals surface area contributed by atoms with Crippen LogP contribution in [0, 0.1) is 50.2 Å². The number of aliphatic hydroxyl groups excluding tert-OH is 14. The first-order valence-corrected chi connectivity index (χ1v) is 35.6. The van der Waals surface area contributed by atoms with Crippen molar-refractivity contribution in [3.63, 3.8) is 0 Å². The number of aliphatic hydroxyl groups is 14. The number of hydrogen-bond donors (Lipinski definition) is 15. The average molecular weight is 1440 g/mol. The molecule has 0 amide bonds. The summed E-state index contributed by atoms with van der Waals surface area (Å²) in [4.78, 5) is 26.5. The molecule has 0 radical (unpaired) electrons. The number of hydrogen-bond acceptors (Lipinski definition) is 29. The van der Waals surface area contributed by atoms with Gasteiger partial charge in [0.15, 0.2) is 42.8 Å². The normalized spacial score (nSPS) is 47.2. The molecule has 12 rings (SSSR count). The second kappa shape index (κ2) is 29.7. The zero-order valence-electron chi connectivity index (χ0n) is 59.2. The molecule has 1 aromatic heterocycles. The molecule has 5 saturated heterocycles. The van der Waals surface area contributed by atoms with Crippen molar-refractivity contribution in [3.8, 4) is 11.5 Å². The number of ether oxygens (including phenoxy) is 11. The molecule has 4 saturated carbocycles. The van der Waals surface area contributed by atoms with E-state index < -0.39 is 201 Å². The number of rotatable bonds is 14. The first kappa shape index (κ1) is 78.1. The van der Waals surface area contributed by atoms with Crippen LogP contribution in [0.25, 0.3) is 11.0 Å². The lowest BCUT2D eigenvalue weighted by atomic mass is 9.33. The maximum absolute atomic E-state index is 15.4. The van der Waals surface area contributed by atoms with Gasteiger partial charge in [-0.05, 0) is 149 Å². The monoisotopic (exact) mass is 1440 g/mol. The number of carbonyl (C=O) groups is 1. The van der Waals surface area contributed by atoms with E-state index in [2.05, 4.69) is 54.5 Å². The smallest absolute Gasteiger partial charge is 0.336 e. The zero-order chi connectivity index (χ0) is 73.7. The molecular weight excluding hydrogens is 1330 g/mol. The van der Waals surface area contributed by atoms with Gasteiger partial charge in [-0.25, -0.2) is 4.79 Å². The second-order valence-corrected chi connectivity index (χ2v) is 32.5. The van der Waals surface area contributed by atoms with Gasteiger partial charge in [-0.2, -0.15) is 0 Å². The molecule has 570 valence electrons. The van der Waals surface area contributed by atoms with E-state index in [-0.39, 0.29) is 53.3 Å². The summed E-state index contributed by atoms with van der Waals surface area (Å²) >= 11 is 0. The van der Waals surface area contributed by atoms with Crippen molar-refractivity contribution in [1.29, 1.82) is 0 Å². The maximum Gasteiger partial charge on any atom is 0.336 e. The number of allylic oxidation sites excluding steroid dienone is 3. The molecule has 2 aromatic rings. The topological polar surface area (TPSA) is 452 Å². The van der Waals surface area contributed by atoms with E-state index in [0.717, 1.165) is 30.4 Å². The first-order chi connectivity index (χ1) is 47.3. The summed E-state index contributed by atoms with van der Waals surface area (Å²) < 4.78 is 70.0. The lowest BCUT2D eigenvalue weighted by Crippen LogP contribution is -2.68. The summed E-state index contributed by atoms with van der Waals surface area (Å²) in [6, 6.07) is 5.94. The molecule has 0 bridgehead atoms. The maximum atomic E-state index is 15.4. The van der Waals surface area contributed by atoms with Gasteiger partial charge in [0.25, 0.3) is 0 Å². The summed E-state index contributed by atoms with van der Waals surface area (Å²) in [5.74, 6) is -0.675. The molecule has 0 spiro atoms. The number of phenols is 1. The van der Waals surface area contributed by atoms with Crippen molar-refractivity contribution in [2.24, 2.45) is 50.2 Å². The number of benzene rings is 1. The SMILES string of the molecule is CC(C)=CCOc1cc2oc(=O)ccc2cc1O.CC1OC(OC2CCC3(C)C(CCC4(C)C3CC=C3C5CC(C)(C)CCC5(C(=O)OC5OCC(O)C(O)C5OC5OC(C)C(OC6OC(CO)C(O)C(O)C6O)C(O)C5O)C(O)CC34C)C2(C)C)C(O)C(O)C1OC1OCC(O)C(O)C1O. The summed E-state index contributed by atoms with van der Waals surface area (Å²) in [6.45, 7) is 21.5. The predicted molar refractivity (Wildman–Crippen MR) is 351 cm³/mol.